The smallest absolute Gasteiger partial charge is 0.390 e. The van der Waals surface area contributed by atoms with Crippen molar-refractivity contribution in [3.63, 3.8) is 0 Å². The van der Waals surface area contributed by atoms with Gasteiger partial charge in [-0.25, -0.2) is 9.37 Å². The molecule has 1 rings (SSSR count). The number of alkyl halides is 3. The van der Waals surface area contributed by atoms with Crippen molar-refractivity contribution in [1.82, 2.24) is 4.98 Å². The molecule has 0 aliphatic carbocycles. The predicted octanol–water partition coefficient (Wildman–Crippen LogP) is 2.57. The standard InChI is InChI=1S/C10H12F4N2O/c1-2-17-9-8(11)6(3-4-16-9)7(15)5-10(12,13)14/h3-4,7H,2,5,15H2,1H3. The fourth-order valence-corrected chi connectivity index (χ4v) is 1.32. The maximum atomic E-state index is 13.7. The van der Waals surface area contributed by atoms with Gasteiger partial charge in [0.2, 0.25) is 0 Å². The Hall–Kier alpha value is -1.37. The zero-order chi connectivity index (χ0) is 13.1. The Balaban J connectivity index is 2.94. The van der Waals surface area contributed by atoms with Gasteiger partial charge in [-0.15, -0.1) is 0 Å². The number of hydrogen-bond donors (Lipinski definition) is 1. The van der Waals surface area contributed by atoms with E-state index in [-0.39, 0.29) is 18.1 Å². The Morgan fingerprint density at radius 3 is 2.65 bits per heavy atom. The molecule has 0 spiro atoms. The van der Waals surface area contributed by atoms with Crippen LogP contribution in [0, 0.1) is 5.82 Å². The fraction of sp³-hybridized carbons (Fsp3) is 0.500. The highest BCUT2D eigenvalue weighted by Crippen LogP contribution is 2.30. The van der Waals surface area contributed by atoms with Crippen LogP contribution < -0.4 is 10.5 Å². The zero-order valence-electron chi connectivity index (χ0n) is 9.09. The highest BCUT2D eigenvalue weighted by molar-refractivity contribution is 5.26. The normalized spacial score (nSPS) is 13.5. The van der Waals surface area contributed by atoms with Crippen molar-refractivity contribution in [1.29, 1.82) is 0 Å². The van der Waals surface area contributed by atoms with Crippen molar-refractivity contribution in [2.24, 2.45) is 5.73 Å². The van der Waals surface area contributed by atoms with Crippen LogP contribution in [-0.4, -0.2) is 17.8 Å². The van der Waals surface area contributed by atoms with Crippen LogP contribution in [0.1, 0.15) is 24.9 Å². The molecule has 0 aromatic carbocycles. The number of ether oxygens (including phenoxy) is 1. The van der Waals surface area contributed by atoms with E-state index in [4.69, 9.17) is 10.5 Å². The average Bonchev–Trinajstić information content (AvgIpc) is 2.18. The third-order valence-electron chi connectivity index (χ3n) is 2.02. The first-order valence-electron chi connectivity index (χ1n) is 4.94. The Morgan fingerprint density at radius 2 is 2.12 bits per heavy atom. The number of pyridine rings is 1. The SMILES string of the molecule is CCOc1nccc(C(N)CC(F)(F)F)c1F. The van der Waals surface area contributed by atoms with Crippen molar-refractivity contribution < 1.29 is 22.3 Å². The Labute approximate surface area is 95.6 Å². The second-order valence-corrected chi connectivity index (χ2v) is 3.38. The Bertz CT molecular complexity index is 381. The summed E-state index contributed by atoms with van der Waals surface area (Å²) in [4.78, 5) is 3.57. The molecule has 7 heteroatoms. The van der Waals surface area contributed by atoms with E-state index in [1.54, 1.807) is 6.92 Å². The molecule has 0 bridgehead atoms. The third kappa shape index (κ3) is 3.85. The van der Waals surface area contributed by atoms with Crippen LogP contribution in [0.15, 0.2) is 12.3 Å². The lowest BCUT2D eigenvalue weighted by Crippen LogP contribution is -2.21. The summed E-state index contributed by atoms with van der Waals surface area (Å²) in [6.07, 6.45) is -4.57. The van der Waals surface area contributed by atoms with E-state index in [2.05, 4.69) is 4.98 Å². The van der Waals surface area contributed by atoms with Crippen molar-refractivity contribution in [3.8, 4) is 5.88 Å². The number of halogens is 4. The van der Waals surface area contributed by atoms with Gasteiger partial charge in [-0.2, -0.15) is 13.2 Å². The van der Waals surface area contributed by atoms with E-state index in [0.717, 1.165) is 6.07 Å². The van der Waals surface area contributed by atoms with Crippen LogP contribution >= 0.6 is 0 Å². The van der Waals surface area contributed by atoms with Crippen LogP contribution in [0.3, 0.4) is 0 Å². The van der Waals surface area contributed by atoms with E-state index < -0.39 is 24.5 Å². The van der Waals surface area contributed by atoms with E-state index in [1.165, 1.54) is 6.20 Å². The van der Waals surface area contributed by atoms with Gasteiger partial charge in [-0.3, -0.25) is 0 Å². The summed E-state index contributed by atoms with van der Waals surface area (Å²) >= 11 is 0. The number of nitrogens with two attached hydrogens (primary N) is 1. The third-order valence-corrected chi connectivity index (χ3v) is 2.02. The molecule has 3 nitrogen and oxygen atoms in total. The highest BCUT2D eigenvalue weighted by atomic mass is 19.4. The maximum Gasteiger partial charge on any atom is 0.390 e. The number of aromatic nitrogens is 1. The van der Waals surface area contributed by atoms with Gasteiger partial charge in [0, 0.05) is 17.8 Å². The highest BCUT2D eigenvalue weighted by Gasteiger charge is 2.32. The van der Waals surface area contributed by atoms with E-state index in [9.17, 15) is 17.6 Å². The molecule has 17 heavy (non-hydrogen) atoms. The molecule has 96 valence electrons. The van der Waals surface area contributed by atoms with Crippen LogP contribution in [0.5, 0.6) is 5.88 Å². The van der Waals surface area contributed by atoms with E-state index in [0.29, 0.717) is 0 Å². The summed E-state index contributed by atoms with van der Waals surface area (Å²) in [5.74, 6) is -1.27. The van der Waals surface area contributed by atoms with Gasteiger partial charge in [0.25, 0.3) is 5.88 Å². The summed E-state index contributed by atoms with van der Waals surface area (Å²) < 4.78 is 54.9. The Kier molecular flexibility index (Phi) is 4.28. The zero-order valence-corrected chi connectivity index (χ0v) is 9.09. The molecule has 1 unspecified atom stereocenters. The molecule has 0 amide bonds. The largest absolute Gasteiger partial charge is 0.476 e. The van der Waals surface area contributed by atoms with Gasteiger partial charge in [-0.05, 0) is 13.0 Å². The molecule has 0 aliphatic heterocycles. The van der Waals surface area contributed by atoms with E-state index in [1.807, 2.05) is 0 Å². The first-order chi connectivity index (χ1) is 7.85. The second-order valence-electron chi connectivity index (χ2n) is 3.38. The molecule has 1 atom stereocenters. The van der Waals surface area contributed by atoms with Gasteiger partial charge < -0.3 is 10.5 Å². The van der Waals surface area contributed by atoms with Crippen molar-refractivity contribution >= 4 is 0 Å². The molecule has 0 radical (unpaired) electrons. The average molecular weight is 252 g/mol. The molecule has 2 N–H and O–H groups in total. The first kappa shape index (κ1) is 13.7. The van der Waals surface area contributed by atoms with Crippen LogP contribution in [0.4, 0.5) is 17.6 Å². The van der Waals surface area contributed by atoms with Gasteiger partial charge in [0.15, 0.2) is 5.82 Å². The van der Waals surface area contributed by atoms with Crippen LogP contribution in [-0.2, 0) is 0 Å². The summed E-state index contributed by atoms with van der Waals surface area (Å²) in [6.45, 7) is 1.78. The van der Waals surface area contributed by atoms with Crippen LogP contribution in [0.2, 0.25) is 0 Å². The lowest BCUT2D eigenvalue weighted by Gasteiger charge is -2.16. The molecule has 1 aromatic heterocycles. The van der Waals surface area contributed by atoms with Crippen molar-refractivity contribution in [3.05, 3.63) is 23.6 Å². The second kappa shape index (κ2) is 5.31. The minimum Gasteiger partial charge on any atom is -0.476 e. The predicted molar refractivity (Wildman–Crippen MR) is 53.0 cm³/mol. The van der Waals surface area contributed by atoms with Gasteiger partial charge >= 0.3 is 6.18 Å². The Morgan fingerprint density at radius 1 is 1.47 bits per heavy atom. The van der Waals surface area contributed by atoms with E-state index >= 15 is 0 Å². The molecule has 0 saturated heterocycles. The molecule has 0 saturated carbocycles. The van der Waals surface area contributed by atoms with Crippen molar-refractivity contribution in [2.45, 2.75) is 25.6 Å². The first-order valence-corrected chi connectivity index (χ1v) is 4.94. The molecule has 1 aromatic rings. The number of nitrogens with zero attached hydrogens (tertiary/aromatic N) is 1. The van der Waals surface area contributed by atoms with Gasteiger partial charge in [-0.1, -0.05) is 0 Å². The minimum absolute atomic E-state index is 0.169. The van der Waals surface area contributed by atoms with Crippen molar-refractivity contribution in [2.75, 3.05) is 6.61 Å². The fourth-order valence-electron chi connectivity index (χ4n) is 1.32. The summed E-state index contributed by atoms with van der Waals surface area (Å²) in [6, 6.07) is -0.342. The lowest BCUT2D eigenvalue weighted by atomic mass is 10.1. The molecule has 1 heterocycles. The molecule has 0 aliphatic rings. The minimum atomic E-state index is -4.44. The maximum absolute atomic E-state index is 13.7. The number of rotatable bonds is 4. The summed E-state index contributed by atoms with van der Waals surface area (Å²) in [7, 11) is 0. The number of hydrogen-bond acceptors (Lipinski definition) is 3. The molecular formula is C10H12F4N2O. The van der Waals surface area contributed by atoms with Gasteiger partial charge in [0.05, 0.1) is 13.0 Å². The lowest BCUT2D eigenvalue weighted by molar-refractivity contribution is -0.138. The molecular weight excluding hydrogens is 240 g/mol. The summed E-state index contributed by atoms with van der Waals surface area (Å²) in [5.41, 5.74) is 5.05. The van der Waals surface area contributed by atoms with Gasteiger partial charge in [0.1, 0.15) is 0 Å². The quantitative estimate of drug-likeness (QED) is 0.838. The topological polar surface area (TPSA) is 48.1 Å². The van der Waals surface area contributed by atoms with Crippen LogP contribution in [0.25, 0.3) is 0 Å². The summed E-state index contributed by atoms with van der Waals surface area (Å²) in [5, 5.41) is 0. The monoisotopic (exact) mass is 252 g/mol. The molecule has 0 fully saturated rings.